The first-order valence-electron chi connectivity index (χ1n) is 6.94. The molecular weight excluding hydrogens is 288 g/mol. The Labute approximate surface area is 129 Å². The van der Waals surface area contributed by atoms with Crippen LogP contribution in [0, 0.1) is 0 Å². The minimum Gasteiger partial charge on any atom is -0.465 e. The van der Waals surface area contributed by atoms with Crippen molar-refractivity contribution in [3.63, 3.8) is 0 Å². The second kappa shape index (κ2) is 10.2. The van der Waals surface area contributed by atoms with E-state index in [2.05, 4.69) is 5.32 Å². The molecule has 1 atom stereocenters. The van der Waals surface area contributed by atoms with Crippen LogP contribution in [0.5, 0.6) is 0 Å². The van der Waals surface area contributed by atoms with Crippen molar-refractivity contribution in [2.75, 3.05) is 24.7 Å². The molecule has 1 aromatic carbocycles. The normalized spacial score (nSPS) is 11.7. The summed E-state index contributed by atoms with van der Waals surface area (Å²) in [5.74, 6) is 0.203. The van der Waals surface area contributed by atoms with Gasteiger partial charge in [0.05, 0.1) is 12.4 Å². The second-order valence-corrected chi connectivity index (χ2v) is 5.49. The summed E-state index contributed by atoms with van der Waals surface area (Å²) in [5.41, 5.74) is 6.83. The van der Waals surface area contributed by atoms with E-state index in [4.69, 9.17) is 10.5 Å². The van der Waals surface area contributed by atoms with Crippen LogP contribution in [0.1, 0.15) is 12.5 Å². The van der Waals surface area contributed by atoms with E-state index >= 15 is 0 Å². The van der Waals surface area contributed by atoms with E-state index in [0.717, 1.165) is 6.42 Å². The van der Waals surface area contributed by atoms with Crippen molar-refractivity contribution >= 4 is 23.6 Å². The molecule has 6 heteroatoms. The van der Waals surface area contributed by atoms with Crippen LogP contribution >= 0.6 is 11.8 Å². The van der Waals surface area contributed by atoms with Gasteiger partial charge in [-0.05, 0) is 18.9 Å². The standard InChI is InChI=1S/C15H22N2O3S/c1-2-20-15(19)13(16)10-21-11-14(18)17-9-8-12-6-4-3-5-7-12/h3-7,13H,2,8-11,16H2,1H3,(H,17,18)/t13-/m0/s1. The van der Waals surface area contributed by atoms with Gasteiger partial charge < -0.3 is 15.8 Å². The van der Waals surface area contributed by atoms with E-state index in [-0.39, 0.29) is 5.91 Å². The van der Waals surface area contributed by atoms with E-state index in [1.54, 1.807) is 6.92 Å². The van der Waals surface area contributed by atoms with Gasteiger partial charge in [0, 0.05) is 12.3 Å². The third-order valence-electron chi connectivity index (χ3n) is 2.70. The Morgan fingerprint density at radius 1 is 1.33 bits per heavy atom. The number of carbonyl (C=O) groups is 2. The van der Waals surface area contributed by atoms with Crippen LogP contribution in [0.4, 0.5) is 0 Å². The lowest BCUT2D eigenvalue weighted by Crippen LogP contribution is -2.35. The minimum atomic E-state index is -0.674. The first-order valence-corrected chi connectivity index (χ1v) is 8.09. The highest BCUT2D eigenvalue weighted by atomic mass is 32.2. The third kappa shape index (κ3) is 7.72. The lowest BCUT2D eigenvalue weighted by atomic mass is 10.1. The number of esters is 1. The fourth-order valence-corrected chi connectivity index (χ4v) is 2.43. The zero-order chi connectivity index (χ0) is 15.5. The Kier molecular flexibility index (Phi) is 8.54. The number of rotatable bonds is 9. The Hall–Kier alpha value is -1.53. The van der Waals surface area contributed by atoms with Gasteiger partial charge in [0.15, 0.2) is 0 Å². The molecular formula is C15H22N2O3S. The number of hydrogen-bond donors (Lipinski definition) is 2. The molecule has 0 fully saturated rings. The van der Waals surface area contributed by atoms with Crippen molar-refractivity contribution in [3.8, 4) is 0 Å². The number of amides is 1. The Morgan fingerprint density at radius 3 is 2.71 bits per heavy atom. The number of nitrogens with two attached hydrogens (primary N) is 1. The van der Waals surface area contributed by atoms with Crippen molar-refractivity contribution in [1.29, 1.82) is 0 Å². The highest BCUT2D eigenvalue weighted by Crippen LogP contribution is 2.03. The van der Waals surface area contributed by atoms with Crippen LogP contribution < -0.4 is 11.1 Å². The van der Waals surface area contributed by atoms with Crippen LogP contribution in [0.25, 0.3) is 0 Å². The molecule has 5 nitrogen and oxygen atoms in total. The summed E-state index contributed by atoms with van der Waals surface area (Å²) >= 11 is 1.33. The lowest BCUT2D eigenvalue weighted by molar-refractivity contribution is -0.144. The van der Waals surface area contributed by atoms with Gasteiger partial charge >= 0.3 is 5.97 Å². The molecule has 0 aromatic heterocycles. The van der Waals surface area contributed by atoms with E-state index in [1.807, 2.05) is 30.3 Å². The van der Waals surface area contributed by atoms with E-state index in [1.165, 1.54) is 17.3 Å². The molecule has 0 aliphatic rings. The second-order valence-electron chi connectivity index (χ2n) is 4.46. The molecule has 1 aromatic rings. The number of ether oxygens (including phenoxy) is 1. The molecule has 0 saturated heterocycles. The van der Waals surface area contributed by atoms with Gasteiger partial charge in [-0.25, -0.2) is 0 Å². The molecule has 0 bridgehead atoms. The van der Waals surface area contributed by atoms with E-state index < -0.39 is 12.0 Å². The van der Waals surface area contributed by atoms with Crippen molar-refractivity contribution in [1.82, 2.24) is 5.32 Å². The summed E-state index contributed by atoms with van der Waals surface area (Å²) in [6.07, 6.45) is 0.805. The lowest BCUT2D eigenvalue weighted by Gasteiger charge is -2.10. The molecule has 1 amide bonds. The molecule has 21 heavy (non-hydrogen) atoms. The van der Waals surface area contributed by atoms with Crippen LogP contribution in [0.15, 0.2) is 30.3 Å². The van der Waals surface area contributed by atoms with E-state index in [9.17, 15) is 9.59 Å². The van der Waals surface area contributed by atoms with Crippen molar-refractivity contribution in [2.45, 2.75) is 19.4 Å². The molecule has 0 unspecified atom stereocenters. The average molecular weight is 310 g/mol. The number of carbonyl (C=O) groups excluding carboxylic acids is 2. The highest BCUT2D eigenvalue weighted by molar-refractivity contribution is 8.00. The topological polar surface area (TPSA) is 81.4 Å². The zero-order valence-electron chi connectivity index (χ0n) is 12.2. The summed E-state index contributed by atoms with van der Waals surface area (Å²) < 4.78 is 4.80. The van der Waals surface area contributed by atoms with Gasteiger partial charge in [0.25, 0.3) is 0 Å². The number of nitrogens with one attached hydrogen (secondary N) is 1. The van der Waals surface area contributed by atoms with Gasteiger partial charge in [-0.15, -0.1) is 11.8 Å². The molecule has 116 valence electrons. The zero-order valence-corrected chi connectivity index (χ0v) is 13.0. The predicted octanol–water partition coefficient (Wildman–Crippen LogP) is 0.969. The molecule has 0 radical (unpaired) electrons. The Balaban J connectivity index is 2.10. The summed E-state index contributed by atoms with van der Waals surface area (Å²) in [5, 5.41) is 2.84. The first kappa shape index (κ1) is 17.5. The van der Waals surface area contributed by atoms with Crippen LogP contribution in [0.3, 0.4) is 0 Å². The van der Waals surface area contributed by atoms with Crippen molar-refractivity contribution in [2.24, 2.45) is 5.73 Å². The maximum absolute atomic E-state index is 11.6. The van der Waals surface area contributed by atoms with Crippen molar-refractivity contribution < 1.29 is 14.3 Å². The molecule has 0 saturated carbocycles. The van der Waals surface area contributed by atoms with Gasteiger partial charge in [-0.2, -0.15) is 0 Å². The molecule has 3 N–H and O–H groups in total. The summed E-state index contributed by atoms with van der Waals surface area (Å²) in [6, 6.07) is 9.30. The summed E-state index contributed by atoms with van der Waals surface area (Å²) in [7, 11) is 0. The fourth-order valence-electron chi connectivity index (χ4n) is 1.64. The summed E-state index contributed by atoms with van der Waals surface area (Å²) in [6.45, 7) is 2.66. The number of benzene rings is 1. The average Bonchev–Trinajstić information content (AvgIpc) is 2.48. The van der Waals surface area contributed by atoms with Gasteiger partial charge in [-0.3, -0.25) is 9.59 Å². The highest BCUT2D eigenvalue weighted by Gasteiger charge is 2.14. The number of hydrogen-bond acceptors (Lipinski definition) is 5. The first-order chi connectivity index (χ1) is 10.1. The monoisotopic (exact) mass is 310 g/mol. The number of thioether (sulfide) groups is 1. The third-order valence-corrected chi connectivity index (χ3v) is 3.76. The van der Waals surface area contributed by atoms with Crippen molar-refractivity contribution in [3.05, 3.63) is 35.9 Å². The predicted molar refractivity (Wildman–Crippen MR) is 85.1 cm³/mol. The molecule has 0 aliphatic carbocycles. The molecule has 0 spiro atoms. The molecule has 0 heterocycles. The maximum Gasteiger partial charge on any atom is 0.323 e. The molecule has 0 aliphatic heterocycles. The van der Waals surface area contributed by atoms with E-state index in [0.29, 0.717) is 24.7 Å². The summed E-state index contributed by atoms with van der Waals surface area (Å²) in [4.78, 5) is 22.9. The largest absolute Gasteiger partial charge is 0.465 e. The smallest absolute Gasteiger partial charge is 0.323 e. The van der Waals surface area contributed by atoms with Gasteiger partial charge in [0.2, 0.25) is 5.91 Å². The van der Waals surface area contributed by atoms with Crippen LogP contribution in [0.2, 0.25) is 0 Å². The Bertz CT molecular complexity index is 440. The van der Waals surface area contributed by atoms with Crippen LogP contribution in [-0.2, 0) is 20.7 Å². The van der Waals surface area contributed by atoms with Gasteiger partial charge in [0.1, 0.15) is 6.04 Å². The minimum absolute atomic E-state index is 0.0491. The quantitative estimate of drug-likeness (QED) is 0.664. The maximum atomic E-state index is 11.6. The van der Waals surface area contributed by atoms with Gasteiger partial charge in [-0.1, -0.05) is 30.3 Å². The Morgan fingerprint density at radius 2 is 2.05 bits per heavy atom. The fraction of sp³-hybridized carbons (Fsp3) is 0.467. The molecule has 1 rings (SSSR count). The SMILES string of the molecule is CCOC(=O)[C@@H](N)CSCC(=O)NCCc1ccccc1. The van der Waals surface area contributed by atoms with Crippen LogP contribution in [-0.4, -0.2) is 42.6 Å².